The van der Waals surface area contributed by atoms with Crippen LogP contribution in [0, 0.1) is 0 Å². The standard InChI is InChI=1S/C16H33N3O3/c1-2-3-4-5-6-7-8-9-10-11-15(20)19-12-16(21)22-13-14(17)18/h14H,2-13,17-18H2,1H3,(H,19,20). The Labute approximate surface area is 134 Å². The van der Waals surface area contributed by atoms with Crippen LogP contribution < -0.4 is 16.8 Å². The van der Waals surface area contributed by atoms with Gasteiger partial charge in [-0.2, -0.15) is 0 Å². The number of hydrogen-bond acceptors (Lipinski definition) is 5. The van der Waals surface area contributed by atoms with Crippen molar-refractivity contribution in [1.82, 2.24) is 5.32 Å². The second kappa shape index (κ2) is 14.8. The number of esters is 1. The molecule has 6 nitrogen and oxygen atoms in total. The van der Waals surface area contributed by atoms with Crippen LogP contribution in [0.4, 0.5) is 0 Å². The van der Waals surface area contributed by atoms with Crippen LogP contribution in [0.2, 0.25) is 0 Å². The minimum atomic E-state index is -0.679. The van der Waals surface area contributed by atoms with Gasteiger partial charge in [0.2, 0.25) is 5.91 Å². The quantitative estimate of drug-likeness (QED) is 0.257. The third kappa shape index (κ3) is 15.3. The molecule has 0 rings (SSSR count). The van der Waals surface area contributed by atoms with E-state index in [4.69, 9.17) is 16.2 Å². The average Bonchev–Trinajstić information content (AvgIpc) is 2.49. The number of ether oxygens (including phenoxy) is 1. The summed E-state index contributed by atoms with van der Waals surface area (Å²) in [4.78, 5) is 22.8. The second-order valence-corrected chi connectivity index (χ2v) is 5.70. The van der Waals surface area contributed by atoms with E-state index in [1.54, 1.807) is 0 Å². The molecule has 0 aliphatic carbocycles. The molecule has 130 valence electrons. The fraction of sp³-hybridized carbons (Fsp3) is 0.875. The van der Waals surface area contributed by atoms with Gasteiger partial charge in [0.05, 0.1) is 6.17 Å². The van der Waals surface area contributed by atoms with Crippen molar-refractivity contribution in [2.75, 3.05) is 13.2 Å². The Kier molecular flexibility index (Phi) is 14.0. The first-order valence-electron chi connectivity index (χ1n) is 8.49. The molecule has 0 atom stereocenters. The summed E-state index contributed by atoms with van der Waals surface area (Å²) in [5, 5.41) is 2.54. The summed E-state index contributed by atoms with van der Waals surface area (Å²) in [6.45, 7) is 2.06. The molecule has 1 amide bonds. The van der Waals surface area contributed by atoms with E-state index in [9.17, 15) is 9.59 Å². The normalized spacial score (nSPS) is 10.7. The number of rotatable bonds is 14. The van der Waals surface area contributed by atoms with Gasteiger partial charge in [-0.25, -0.2) is 0 Å². The second-order valence-electron chi connectivity index (χ2n) is 5.70. The molecule has 5 N–H and O–H groups in total. The molecule has 0 aromatic carbocycles. The number of unbranched alkanes of at least 4 members (excludes halogenated alkanes) is 8. The van der Waals surface area contributed by atoms with Crippen LogP contribution in [0.1, 0.15) is 71.1 Å². The lowest BCUT2D eigenvalue weighted by Gasteiger charge is -2.08. The average molecular weight is 315 g/mol. The fourth-order valence-corrected chi connectivity index (χ4v) is 2.10. The van der Waals surface area contributed by atoms with Gasteiger partial charge >= 0.3 is 5.97 Å². The van der Waals surface area contributed by atoms with Crippen LogP contribution in [0.3, 0.4) is 0 Å². The zero-order chi connectivity index (χ0) is 16.6. The Balaban J connectivity index is 3.34. The molecule has 0 saturated heterocycles. The number of carbonyl (C=O) groups is 2. The minimum Gasteiger partial charge on any atom is -0.461 e. The molecule has 6 heteroatoms. The van der Waals surface area contributed by atoms with Crippen molar-refractivity contribution in [1.29, 1.82) is 0 Å². The Morgan fingerprint density at radius 2 is 1.50 bits per heavy atom. The smallest absolute Gasteiger partial charge is 0.325 e. The van der Waals surface area contributed by atoms with Crippen LogP contribution in [0.5, 0.6) is 0 Å². The minimum absolute atomic E-state index is 0.0348. The number of carbonyl (C=O) groups excluding carboxylic acids is 2. The van der Waals surface area contributed by atoms with Gasteiger partial charge in [0.15, 0.2) is 0 Å². The molecule has 0 aliphatic heterocycles. The highest BCUT2D eigenvalue weighted by Gasteiger charge is 2.07. The number of nitrogens with two attached hydrogens (primary N) is 2. The van der Waals surface area contributed by atoms with Gasteiger partial charge in [-0.05, 0) is 6.42 Å². The Morgan fingerprint density at radius 3 is 2.05 bits per heavy atom. The van der Waals surface area contributed by atoms with E-state index in [-0.39, 0.29) is 19.1 Å². The lowest BCUT2D eigenvalue weighted by Crippen LogP contribution is -2.38. The van der Waals surface area contributed by atoms with E-state index in [0.717, 1.165) is 12.8 Å². The molecule has 0 fully saturated rings. The Hall–Kier alpha value is -1.14. The van der Waals surface area contributed by atoms with Crippen LogP contribution in [0.15, 0.2) is 0 Å². The predicted molar refractivity (Wildman–Crippen MR) is 88.0 cm³/mol. The van der Waals surface area contributed by atoms with Crippen molar-refractivity contribution in [3.05, 3.63) is 0 Å². The van der Waals surface area contributed by atoms with Crippen LogP contribution in [0.25, 0.3) is 0 Å². The van der Waals surface area contributed by atoms with Gasteiger partial charge < -0.3 is 21.5 Å². The maximum atomic E-state index is 11.5. The predicted octanol–water partition coefficient (Wildman–Crippen LogP) is 1.81. The molecule has 0 heterocycles. The van der Waals surface area contributed by atoms with Crippen LogP contribution in [-0.2, 0) is 14.3 Å². The molecular weight excluding hydrogens is 282 g/mol. The zero-order valence-electron chi connectivity index (χ0n) is 13.9. The first-order chi connectivity index (χ1) is 10.6. The number of amides is 1. The summed E-state index contributed by atoms with van der Waals surface area (Å²) in [5.74, 6) is -0.627. The monoisotopic (exact) mass is 315 g/mol. The van der Waals surface area contributed by atoms with E-state index in [1.807, 2.05) is 0 Å². The topological polar surface area (TPSA) is 107 Å². The number of nitrogens with one attached hydrogen (secondary N) is 1. The maximum absolute atomic E-state index is 11.5. The summed E-state index contributed by atoms with van der Waals surface area (Å²) < 4.78 is 4.75. The molecule has 0 unspecified atom stereocenters. The van der Waals surface area contributed by atoms with E-state index in [2.05, 4.69) is 12.2 Å². The van der Waals surface area contributed by atoms with E-state index in [1.165, 1.54) is 44.9 Å². The van der Waals surface area contributed by atoms with Gasteiger partial charge in [0.25, 0.3) is 0 Å². The molecule has 0 saturated carbocycles. The highest BCUT2D eigenvalue weighted by Crippen LogP contribution is 2.10. The first-order valence-corrected chi connectivity index (χ1v) is 8.49. The summed E-state index contributed by atoms with van der Waals surface area (Å²) in [7, 11) is 0. The van der Waals surface area contributed by atoms with E-state index in [0.29, 0.717) is 6.42 Å². The zero-order valence-corrected chi connectivity index (χ0v) is 13.9. The van der Waals surface area contributed by atoms with Crippen molar-refractivity contribution < 1.29 is 14.3 Å². The van der Waals surface area contributed by atoms with Crippen molar-refractivity contribution in [2.45, 2.75) is 77.3 Å². The van der Waals surface area contributed by atoms with Gasteiger partial charge in [0, 0.05) is 6.42 Å². The highest BCUT2D eigenvalue weighted by molar-refractivity contribution is 5.81. The van der Waals surface area contributed by atoms with Gasteiger partial charge in [-0.1, -0.05) is 58.3 Å². The first kappa shape index (κ1) is 20.9. The van der Waals surface area contributed by atoms with Gasteiger partial charge in [-0.3, -0.25) is 9.59 Å². The summed E-state index contributed by atoms with van der Waals surface area (Å²) >= 11 is 0. The molecular formula is C16H33N3O3. The molecule has 0 aliphatic rings. The summed E-state index contributed by atoms with van der Waals surface area (Å²) in [5.41, 5.74) is 10.5. The largest absolute Gasteiger partial charge is 0.461 e. The van der Waals surface area contributed by atoms with Crippen molar-refractivity contribution in [3.63, 3.8) is 0 Å². The van der Waals surface area contributed by atoms with Crippen molar-refractivity contribution >= 4 is 11.9 Å². The Morgan fingerprint density at radius 1 is 0.955 bits per heavy atom. The van der Waals surface area contributed by atoms with Crippen LogP contribution >= 0.6 is 0 Å². The SMILES string of the molecule is CCCCCCCCCCCC(=O)NCC(=O)OCC(N)N. The van der Waals surface area contributed by atoms with E-state index < -0.39 is 12.1 Å². The molecule has 0 radical (unpaired) electrons. The molecule has 0 aromatic rings. The number of hydrogen-bond donors (Lipinski definition) is 3. The third-order valence-electron chi connectivity index (χ3n) is 3.37. The molecule has 0 spiro atoms. The summed E-state index contributed by atoms with van der Waals surface area (Å²) in [6, 6.07) is 0. The molecule has 22 heavy (non-hydrogen) atoms. The van der Waals surface area contributed by atoms with Crippen molar-refractivity contribution in [3.8, 4) is 0 Å². The highest BCUT2D eigenvalue weighted by atomic mass is 16.5. The Bertz CT molecular complexity index is 296. The van der Waals surface area contributed by atoms with Crippen LogP contribution in [-0.4, -0.2) is 31.2 Å². The maximum Gasteiger partial charge on any atom is 0.325 e. The third-order valence-corrected chi connectivity index (χ3v) is 3.37. The van der Waals surface area contributed by atoms with Crippen molar-refractivity contribution in [2.24, 2.45) is 11.5 Å². The fourth-order valence-electron chi connectivity index (χ4n) is 2.10. The van der Waals surface area contributed by atoms with E-state index >= 15 is 0 Å². The molecule has 0 bridgehead atoms. The van der Waals surface area contributed by atoms with Gasteiger partial charge in [-0.15, -0.1) is 0 Å². The van der Waals surface area contributed by atoms with Gasteiger partial charge in [0.1, 0.15) is 13.2 Å². The lowest BCUT2D eigenvalue weighted by molar-refractivity contribution is -0.144. The lowest BCUT2D eigenvalue weighted by atomic mass is 10.1. The molecule has 0 aromatic heterocycles. The summed E-state index contributed by atoms with van der Waals surface area (Å²) in [6.07, 6.45) is 10.7.